The topological polar surface area (TPSA) is 42.5 Å². The van der Waals surface area contributed by atoms with E-state index in [-0.39, 0.29) is 0 Å². The van der Waals surface area contributed by atoms with Crippen molar-refractivity contribution in [3.63, 3.8) is 0 Å². The third kappa shape index (κ3) is 4.06. The van der Waals surface area contributed by atoms with Gasteiger partial charge in [0, 0.05) is 17.2 Å². The van der Waals surface area contributed by atoms with E-state index in [0.717, 1.165) is 17.9 Å². The fraction of sp³-hybridized carbons (Fsp3) is 0.529. The zero-order valence-electron chi connectivity index (χ0n) is 13.6. The Morgan fingerprint density at radius 2 is 1.71 bits per heavy atom. The minimum Gasteiger partial charge on any atom is -0.241 e. The van der Waals surface area contributed by atoms with Gasteiger partial charge in [0.05, 0.1) is 18.4 Å². The van der Waals surface area contributed by atoms with Gasteiger partial charge in [0.1, 0.15) is 12.5 Å². The van der Waals surface area contributed by atoms with Crippen LogP contribution < -0.4 is 4.57 Å². The predicted octanol–water partition coefficient (Wildman–Crippen LogP) is 3.21. The first-order chi connectivity index (χ1) is 9.97. The van der Waals surface area contributed by atoms with E-state index in [1.54, 1.807) is 6.33 Å². The van der Waals surface area contributed by atoms with Crippen molar-refractivity contribution in [1.29, 1.82) is 0 Å². The van der Waals surface area contributed by atoms with Crippen molar-refractivity contribution in [3.8, 4) is 0 Å². The van der Waals surface area contributed by atoms with Crippen LogP contribution in [-0.4, -0.2) is 15.0 Å². The standard InChI is InChI=1S/C17H25N4/c1-12(2)15-7-18-11-21(9-15)8-14(5)17-6-16(13(3)4)19-10-20-17/h6-7,9-14H,8H2,1-5H3/q+1. The smallest absolute Gasteiger partial charge is 0.241 e. The van der Waals surface area contributed by atoms with E-state index in [2.05, 4.69) is 66.4 Å². The average Bonchev–Trinajstić information content (AvgIpc) is 2.47. The summed E-state index contributed by atoms with van der Waals surface area (Å²) in [6.45, 7) is 11.8. The molecular formula is C17H25N4+. The Kier molecular flexibility index (Phi) is 4.99. The molecule has 0 aliphatic rings. The molecule has 1 unspecified atom stereocenters. The van der Waals surface area contributed by atoms with Gasteiger partial charge in [-0.15, -0.1) is 0 Å². The first-order valence-corrected chi connectivity index (χ1v) is 7.63. The van der Waals surface area contributed by atoms with Gasteiger partial charge in [0.2, 0.25) is 0 Å². The van der Waals surface area contributed by atoms with E-state index >= 15 is 0 Å². The third-order valence-corrected chi connectivity index (χ3v) is 3.71. The van der Waals surface area contributed by atoms with Gasteiger partial charge in [-0.05, 0) is 17.9 Å². The van der Waals surface area contributed by atoms with E-state index < -0.39 is 0 Å². The summed E-state index contributed by atoms with van der Waals surface area (Å²) >= 11 is 0. The molecule has 2 heterocycles. The fourth-order valence-electron chi connectivity index (χ4n) is 2.24. The Bertz CT molecular complexity index is 593. The molecule has 0 saturated carbocycles. The van der Waals surface area contributed by atoms with Gasteiger partial charge in [0.15, 0.2) is 0 Å². The van der Waals surface area contributed by atoms with Crippen molar-refractivity contribution in [3.05, 3.63) is 48.1 Å². The predicted molar refractivity (Wildman–Crippen MR) is 83.1 cm³/mol. The average molecular weight is 285 g/mol. The van der Waals surface area contributed by atoms with Crippen LogP contribution in [0.4, 0.5) is 0 Å². The second kappa shape index (κ2) is 6.74. The van der Waals surface area contributed by atoms with Crippen LogP contribution in [0.25, 0.3) is 0 Å². The molecule has 0 amide bonds. The van der Waals surface area contributed by atoms with Gasteiger partial charge in [-0.3, -0.25) is 0 Å². The lowest BCUT2D eigenvalue weighted by Gasteiger charge is -2.12. The Morgan fingerprint density at radius 3 is 2.38 bits per heavy atom. The molecule has 0 aliphatic carbocycles. The highest BCUT2D eigenvalue weighted by atomic mass is 15.0. The summed E-state index contributed by atoms with van der Waals surface area (Å²) in [5.74, 6) is 1.25. The molecule has 0 saturated heterocycles. The van der Waals surface area contributed by atoms with Gasteiger partial charge in [-0.2, -0.15) is 0 Å². The summed E-state index contributed by atoms with van der Waals surface area (Å²) in [4.78, 5) is 13.1. The minimum atomic E-state index is 0.333. The van der Waals surface area contributed by atoms with Crippen molar-refractivity contribution < 1.29 is 4.57 Å². The summed E-state index contributed by atoms with van der Waals surface area (Å²) in [6.07, 6.45) is 7.67. The molecule has 112 valence electrons. The van der Waals surface area contributed by atoms with Gasteiger partial charge in [-0.1, -0.05) is 39.6 Å². The van der Waals surface area contributed by atoms with Crippen LogP contribution in [0.1, 0.15) is 69.3 Å². The van der Waals surface area contributed by atoms with Gasteiger partial charge >= 0.3 is 0 Å². The van der Waals surface area contributed by atoms with Crippen LogP contribution in [0.3, 0.4) is 0 Å². The molecule has 1 atom stereocenters. The number of aromatic nitrogens is 4. The van der Waals surface area contributed by atoms with E-state index in [1.807, 2.05) is 12.5 Å². The molecule has 2 rings (SSSR count). The molecule has 2 aromatic heterocycles. The Hall–Kier alpha value is -1.84. The summed E-state index contributed by atoms with van der Waals surface area (Å²) in [5, 5.41) is 0. The molecule has 4 heteroatoms. The van der Waals surface area contributed by atoms with E-state index in [1.165, 1.54) is 5.56 Å². The molecule has 2 aromatic rings. The number of hydrogen-bond donors (Lipinski definition) is 0. The summed E-state index contributed by atoms with van der Waals surface area (Å²) in [5.41, 5.74) is 3.46. The summed E-state index contributed by atoms with van der Waals surface area (Å²) < 4.78 is 2.15. The maximum atomic E-state index is 4.43. The van der Waals surface area contributed by atoms with Gasteiger partial charge in [-0.25, -0.2) is 14.5 Å². The fourth-order valence-corrected chi connectivity index (χ4v) is 2.24. The molecule has 0 aromatic carbocycles. The molecule has 0 aliphatic heterocycles. The first kappa shape index (κ1) is 15.5. The van der Waals surface area contributed by atoms with Crippen molar-refractivity contribution in [2.75, 3.05) is 0 Å². The molecule has 0 spiro atoms. The monoisotopic (exact) mass is 285 g/mol. The Balaban J connectivity index is 2.16. The second-order valence-electron chi connectivity index (χ2n) is 6.30. The third-order valence-electron chi connectivity index (χ3n) is 3.71. The molecule has 4 nitrogen and oxygen atoms in total. The highest BCUT2D eigenvalue weighted by Gasteiger charge is 2.14. The Labute approximate surface area is 127 Å². The van der Waals surface area contributed by atoms with Gasteiger partial charge in [0.25, 0.3) is 6.33 Å². The zero-order valence-corrected chi connectivity index (χ0v) is 13.6. The number of rotatable bonds is 5. The molecule has 0 radical (unpaired) electrons. The van der Waals surface area contributed by atoms with E-state index in [0.29, 0.717) is 17.8 Å². The number of nitrogens with zero attached hydrogens (tertiary/aromatic N) is 4. The summed E-state index contributed by atoms with van der Waals surface area (Å²) in [6, 6.07) is 2.12. The lowest BCUT2D eigenvalue weighted by molar-refractivity contribution is -0.702. The van der Waals surface area contributed by atoms with Crippen molar-refractivity contribution in [1.82, 2.24) is 15.0 Å². The van der Waals surface area contributed by atoms with Crippen LogP contribution >= 0.6 is 0 Å². The minimum absolute atomic E-state index is 0.333. The molecule has 0 N–H and O–H groups in total. The first-order valence-electron chi connectivity index (χ1n) is 7.63. The lowest BCUT2D eigenvalue weighted by atomic mass is 10.0. The summed E-state index contributed by atoms with van der Waals surface area (Å²) in [7, 11) is 0. The quantitative estimate of drug-likeness (QED) is 0.792. The van der Waals surface area contributed by atoms with E-state index in [4.69, 9.17) is 0 Å². The second-order valence-corrected chi connectivity index (χ2v) is 6.30. The van der Waals surface area contributed by atoms with Crippen LogP contribution in [0.5, 0.6) is 0 Å². The highest BCUT2D eigenvalue weighted by molar-refractivity contribution is 5.14. The van der Waals surface area contributed by atoms with Crippen molar-refractivity contribution in [2.24, 2.45) is 0 Å². The molecule has 0 bridgehead atoms. The largest absolute Gasteiger partial charge is 0.286 e. The van der Waals surface area contributed by atoms with Crippen molar-refractivity contribution in [2.45, 2.75) is 58.9 Å². The molecular weight excluding hydrogens is 260 g/mol. The number of hydrogen-bond acceptors (Lipinski definition) is 3. The van der Waals surface area contributed by atoms with Crippen LogP contribution in [0.15, 0.2) is 31.1 Å². The Morgan fingerprint density at radius 1 is 1.00 bits per heavy atom. The SMILES string of the molecule is CC(C)c1cnc[n+](CC(C)c2cc(C(C)C)ncn2)c1. The molecule has 0 fully saturated rings. The zero-order chi connectivity index (χ0) is 15.4. The van der Waals surface area contributed by atoms with Crippen molar-refractivity contribution >= 4 is 0 Å². The van der Waals surface area contributed by atoms with Crippen LogP contribution in [0, 0.1) is 0 Å². The highest BCUT2D eigenvalue weighted by Crippen LogP contribution is 2.17. The maximum absolute atomic E-state index is 4.43. The maximum Gasteiger partial charge on any atom is 0.286 e. The normalized spacial score (nSPS) is 12.9. The molecule has 21 heavy (non-hydrogen) atoms. The van der Waals surface area contributed by atoms with Crippen LogP contribution in [0.2, 0.25) is 0 Å². The van der Waals surface area contributed by atoms with E-state index in [9.17, 15) is 0 Å². The van der Waals surface area contributed by atoms with Crippen LogP contribution in [-0.2, 0) is 6.54 Å². The van der Waals surface area contributed by atoms with Gasteiger partial charge < -0.3 is 0 Å². The lowest BCUT2D eigenvalue weighted by Crippen LogP contribution is -2.37.